The molecule has 0 N–H and O–H groups in total. The summed E-state index contributed by atoms with van der Waals surface area (Å²) in [6.45, 7) is 44.2. The Morgan fingerprint density at radius 3 is 0.637 bits per heavy atom. The van der Waals surface area contributed by atoms with Gasteiger partial charge in [0.1, 0.15) is 52.4 Å². The van der Waals surface area contributed by atoms with Gasteiger partial charge in [-0.05, 0) is 224 Å². The second-order valence-corrected chi connectivity index (χ2v) is 31.0. The lowest BCUT2D eigenvalue weighted by Gasteiger charge is -2.09. The molecule has 15 aromatic carbocycles. The third kappa shape index (κ3) is 28.0. The van der Waals surface area contributed by atoms with Gasteiger partial charge in [0.15, 0.2) is 0 Å². The first-order chi connectivity index (χ1) is 66.0. The average molecular weight is 1790 g/mol. The molecule has 135 heavy (non-hydrogen) atoms. The molecular formula is C126H147N9. The standard InChI is InChI=1S/C25H23N3.2C17H12.2C13H10.C10H8.2C8H13N3.7C2H6.CH4/c1-3-23-26-24(4-2)28-25(27-23)15-18-10-7-11-20-21(18)14-19-12-16-8-5-6-9-17(16)13-22(19)20;2*1-2-6-13-11-17-15(9-12(13)5-1)10-14-7-3-4-8-16(14)17;2*1-3-7-12-10(5-1)9-11-6-2-4-8-13(11)12;1-2-6-10-8-4-3-7-9(10)5-1;2*1-4-7-9-6(3)10-8(5-2)11-7;7*1-2;/h5-13H,3-4,14-15H2,1-2H3;2*1-9,11H,10H2;2*1-8H,9H2;1-8H;2*4-5H2,1-3H3;7*1-2H3;1H4. The SMILES string of the molecule is C.CC.CC.CC.CC.CC.CC.CC.CCc1nc(C)nc(CC)n1.CCc1nc(C)nc(CC)n1.CCc1nc(CC)nc(Cc2cccc3c2Cc2cc4ccccc4cc2-3)n1.c1ccc2c(c1)Cc1cc3ccccc3cc1-2.c1ccc2c(c1)Cc1cc3ccccc3cc1-2.c1ccc2c(c1)Cc1ccccc1-2.c1ccc2c(c1)Cc1ccccc1-2.c1ccc2ccccc2c1. The van der Waals surface area contributed by atoms with E-state index >= 15 is 0 Å². The second-order valence-electron chi connectivity index (χ2n) is 31.0. The monoisotopic (exact) mass is 1790 g/mol. The van der Waals surface area contributed by atoms with Crippen LogP contribution in [0.25, 0.3) is 98.7 Å². The van der Waals surface area contributed by atoms with Crippen LogP contribution in [0.5, 0.6) is 0 Å². The number of aryl methyl sites for hydroxylation is 8. The summed E-state index contributed by atoms with van der Waals surface area (Å²) in [5, 5.41) is 10.6. The van der Waals surface area contributed by atoms with Crippen molar-refractivity contribution in [3.63, 3.8) is 0 Å². The predicted octanol–water partition coefficient (Wildman–Crippen LogP) is 33.9. The highest BCUT2D eigenvalue weighted by Gasteiger charge is 2.25. The fraction of sp³-hybridized carbons (Fsp3) is 0.278. The van der Waals surface area contributed by atoms with Crippen molar-refractivity contribution in [3.8, 4) is 55.6 Å². The van der Waals surface area contributed by atoms with Crippen molar-refractivity contribution in [2.45, 2.75) is 237 Å². The van der Waals surface area contributed by atoms with Crippen LogP contribution in [-0.2, 0) is 77.0 Å². The molecule has 0 saturated heterocycles. The van der Waals surface area contributed by atoms with Crippen molar-refractivity contribution in [2.24, 2.45) is 0 Å². The molecule has 0 atom stereocenters. The van der Waals surface area contributed by atoms with E-state index in [1.807, 2.05) is 138 Å². The number of hydrogen-bond donors (Lipinski definition) is 0. The van der Waals surface area contributed by atoms with E-state index in [1.54, 1.807) is 0 Å². The fourth-order valence-electron chi connectivity index (χ4n) is 17.0. The summed E-state index contributed by atoms with van der Waals surface area (Å²) in [4.78, 5) is 39.1. The van der Waals surface area contributed by atoms with Gasteiger partial charge in [0, 0.05) is 44.9 Å². The molecule has 9 nitrogen and oxygen atoms in total. The van der Waals surface area contributed by atoms with E-state index in [0.717, 1.165) is 129 Å². The normalized spacial score (nSPS) is 10.7. The molecule has 3 heterocycles. The molecule has 0 spiro atoms. The Bertz CT molecular complexity index is 6210. The Morgan fingerprint density at radius 1 is 0.178 bits per heavy atom. The molecule has 18 aromatic rings. The minimum atomic E-state index is 0. The van der Waals surface area contributed by atoms with Crippen LogP contribution in [0.4, 0.5) is 0 Å². The quantitative estimate of drug-likeness (QED) is 0.147. The zero-order valence-corrected chi connectivity index (χ0v) is 84.1. The van der Waals surface area contributed by atoms with Gasteiger partial charge in [0.2, 0.25) is 0 Å². The minimum absolute atomic E-state index is 0. The van der Waals surface area contributed by atoms with E-state index in [0.29, 0.717) is 0 Å². The van der Waals surface area contributed by atoms with E-state index in [4.69, 9.17) is 9.97 Å². The molecule has 23 rings (SSSR count). The molecule has 0 bridgehead atoms. The third-order valence-electron chi connectivity index (χ3n) is 23.0. The first-order valence-electron chi connectivity index (χ1n) is 49.7. The zero-order chi connectivity index (χ0) is 96.3. The van der Waals surface area contributed by atoms with Crippen molar-refractivity contribution in [3.05, 3.63) is 435 Å². The lowest BCUT2D eigenvalue weighted by Crippen LogP contribution is -2.08. The van der Waals surface area contributed by atoms with Crippen LogP contribution in [0.2, 0.25) is 0 Å². The number of fused-ring (bicyclic) bond motifs is 19. The van der Waals surface area contributed by atoms with Crippen LogP contribution in [0.1, 0.15) is 260 Å². The first kappa shape index (κ1) is 107. The van der Waals surface area contributed by atoms with Gasteiger partial charge in [-0.2, -0.15) is 0 Å². The molecule has 0 saturated carbocycles. The summed E-state index contributed by atoms with van der Waals surface area (Å²) in [6, 6.07) is 115. The summed E-state index contributed by atoms with van der Waals surface area (Å²) >= 11 is 0. The maximum atomic E-state index is 4.69. The van der Waals surface area contributed by atoms with Crippen LogP contribution in [0.15, 0.2) is 322 Å². The molecule has 0 amide bonds. The summed E-state index contributed by atoms with van der Waals surface area (Å²) in [5.74, 6) is 7.92. The van der Waals surface area contributed by atoms with E-state index < -0.39 is 0 Å². The van der Waals surface area contributed by atoms with Crippen molar-refractivity contribution in [1.82, 2.24) is 44.9 Å². The van der Waals surface area contributed by atoms with E-state index in [9.17, 15) is 0 Å². The van der Waals surface area contributed by atoms with Crippen molar-refractivity contribution < 1.29 is 0 Å². The summed E-state index contributed by atoms with van der Waals surface area (Å²) in [6.07, 6.45) is 11.3. The molecule has 696 valence electrons. The number of aromatic nitrogens is 9. The first-order valence-corrected chi connectivity index (χ1v) is 49.7. The number of benzene rings is 15. The van der Waals surface area contributed by atoms with Crippen LogP contribution in [0.3, 0.4) is 0 Å². The zero-order valence-electron chi connectivity index (χ0n) is 84.1. The topological polar surface area (TPSA) is 116 Å². The van der Waals surface area contributed by atoms with Crippen LogP contribution < -0.4 is 0 Å². The molecule has 0 unspecified atom stereocenters. The Kier molecular flexibility index (Phi) is 44.6. The Hall–Kier alpha value is -13.6. The molecular weight excluding hydrogens is 1640 g/mol. The molecule has 9 heteroatoms. The minimum Gasteiger partial charge on any atom is -0.218 e. The Labute approximate surface area is 810 Å². The third-order valence-corrected chi connectivity index (χ3v) is 23.0. The highest BCUT2D eigenvalue weighted by molar-refractivity contribution is 5.95. The van der Waals surface area contributed by atoms with Crippen molar-refractivity contribution in [1.29, 1.82) is 0 Å². The average Bonchev–Trinajstić information content (AvgIpc) is 1.62. The Morgan fingerprint density at radius 2 is 0.370 bits per heavy atom. The predicted molar refractivity (Wildman–Crippen MR) is 584 cm³/mol. The number of hydrogen-bond acceptors (Lipinski definition) is 9. The highest BCUT2D eigenvalue weighted by Crippen LogP contribution is 2.44. The molecule has 3 aromatic heterocycles. The summed E-state index contributed by atoms with van der Waals surface area (Å²) in [5.41, 5.74) is 29.9. The summed E-state index contributed by atoms with van der Waals surface area (Å²) in [7, 11) is 0. The summed E-state index contributed by atoms with van der Waals surface area (Å²) < 4.78 is 0. The smallest absolute Gasteiger partial charge is 0.137 e. The van der Waals surface area contributed by atoms with Gasteiger partial charge in [-0.25, -0.2) is 44.9 Å². The number of rotatable bonds is 8. The van der Waals surface area contributed by atoms with Gasteiger partial charge in [0.25, 0.3) is 0 Å². The lowest BCUT2D eigenvalue weighted by molar-refractivity contribution is 0.778. The largest absolute Gasteiger partial charge is 0.218 e. The molecule has 0 fully saturated rings. The van der Waals surface area contributed by atoms with Crippen LogP contribution >= 0.6 is 0 Å². The fourth-order valence-corrected chi connectivity index (χ4v) is 17.0. The van der Waals surface area contributed by atoms with E-state index in [-0.39, 0.29) is 7.43 Å². The van der Waals surface area contributed by atoms with Gasteiger partial charge in [-0.3, -0.25) is 0 Å². The Balaban J connectivity index is 0.000000190. The van der Waals surface area contributed by atoms with Gasteiger partial charge in [-0.15, -0.1) is 0 Å². The maximum absolute atomic E-state index is 4.69. The molecule has 0 aliphatic heterocycles. The highest BCUT2D eigenvalue weighted by atomic mass is 15.0. The van der Waals surface area contributed by atoms with Gasteiger partial charge in [0.05, 0.1) is 0 Å². The number of nitrogens with zero attached hydrogens (tertiary/aromatic N) is 9. The molecule has 0 radical (unpaired) electrons. The lowest BCUT2D eigenvalue weighted by atomic mass is 9.98. The van der Waals surface area contributed by atoms with Gasteiger partial charge in [-0.1, -0.05) is 449 Å². The van der Waals surface area contributed by atoms with Crippen LogP contribution in [0, 0.1) is 13.8 Å². The van der Waals surface area contributed by atoms with E-state index in [1.165, 1.54) is 160 Å². The van der Waals surface area contributed by atoms with Crippen molar-refractivity contribution in [2.75, 3.05) is 0 Å². The van der Waals surface area contributed by atoms with Crippen molar-refractivity contribution >= 4 is 43.1 Å². The molecule has 5 aliphatic rings. The van der Waals surface area contributed by atoms with Gasteiger partial charge < -0.3 is 0 Å². The molecule has 5 aliphatic carbocycles. The maximum Gasteiger partial charge on any atom is 0.137 e. The van der Waals surface area contributed by atoms with Gasteiger partial charge >= 0.3 is 0 Å². The van der Waals surface area contributed by atoms with Crippen LogP contribution in [-0.4, -0.2) is 44.9 Å². The second kappa shape index (κ2) is 56.4. The van der Waals surface area contributed by atoms with E-state index in [2.05, 4.69) is 370 Å².